The minimum absolute atomic E-state index is 0.265. The molecule has 0 amide bonds. The van der Waals surface area contributed by atoms with Gasteiger partial charge in [-0.3, -0.25) is 0 Å². The zero-order valence-electron chi connectivity index (χ0n) is 9.21. The lowest BCUT2D eigenvalue weighted by molar-refractivity contribution is 0.392. The molecular formula is C10H10ClN5OS. The number of aromatic nitrogens is 2. The Balaban J connectivity index is 2.08. The first-order chi connectivity index (χ1) is 8.69. The molecule has 0 aliphatic carbocycles. The molecule has 8 heteroatoms. The Hall–Kier alpha value is -1.73. The third-order valence-electron chi connectivity index (χ3n) is 2.04. The van der Waals surface area contributed by atoms with E-state index in [4.69, 9.17) is 27.7 Å². The fraction of sp³-hybridized carbons (Fsp3) is 0.100. The molecule has 1 aromatic carbocycles. The van der Waals surface area contributed by atoms with Gasteiger partial charge >= 0.3 is 0 Å². The van der Waals surface area contributed by atoms with Crippen LogP contribution in [0.1, 0.15) is 5.89 Å². The fourth-order valence-corrected chi connectivity index (χ4v) is 1.79. The number of rotatable bonds is 3. The lowest BCUT2D eigenvalue weighted by Gasteiger charge is -1.94. The number of nitrogens with two attached hydrogens (primary N) is 2. The van der Waals surface area contributed by atoms with Crippen molar-refractivity contribution in [2.24, 2.45) is 16.7 Å². The highest BCUT2D eigenvalue weighted by atomic mass is 35.5. The second-order valence-corrected chi connectivity index (χ2v) is 4.71. The maximum atomic E-state index is 5.80. The van der Waals surface area contributed by atoms with Crippen molar-refractivity contribution >= 4 is 28.5 Å². The maximum Gasteiger partial charge on any atom is 0.237 e. The normalized spacial score (nSPS) is 11.7. The van der Waals surface area contributed by atoms with E-state index >= 15 is 0 Å². The molecule has 2 rings (SSSR count). The Kier molecular flexibility index (Phi) is 4.06. The predicted octanol–water partition coefficient (Wildman–Crippen LogP) is 1.81. The lowest BCUT2D eigenvalue weighted by Crippen LogP contribution is -2.09. The van der Waals surface area contributed by atoms with Gasteiger partial charge in [0, 0.05) is 10.6 Å². The van der Waals surface area contributed by atoms with Crippen LogP contribution in [0.3, 0.4) is 0 Å². The highest BCUT2D eigenvalue weighted by Crippen LogP contribution is 2.20. The number of nitrogens with zero attached hydrogens (tertiary/aromatic N) is 3. The minimum atomic E-state index is 0.265. The van der Waals surface area contributed by atoms with Gasteiger partial charge < -0.3 is 16.1 Å². The van der Waals surface area contributed by atoms with Crippen molar-refractivity contribution in [3.8, 4) is 11.4 Å². The van der Waals surface area contributed by atoms with E-state index in [9.17, 15) is 0 Å². The van der Waals surface area contributed by atoms with E-state index in [1.54, 1.807) is 12.1 Å². The van der Waals surface area contributed by atoms with Gasteiger partial charge in [0.05, 0.1) is 5.75 Å². The third-order valence-corrected chi connectivity index (χ3v) is 3.09. The Labute approximate surface area is 112 Å². The van der Waals surface area contributed by atoms with E-state index in [0.29, 0.717) is 22.5 Å². The molecule has 18 heavy (non-hydrogen) atoms. The van der Waals surface area contributed by atoms with Gasteiger partial charge in [0.2, 0.25) is 11.7 Å². The zero-order chi connectivity index (χ0) is 13.0. The first-order valence-electron chi connectivity index (χ1n) is 4.93. The van der Waals surface area contributed by atoms with E-state index in [0.717, 1.165) is 5.56 Å². The molecule has 0 saturated heterocycles. The molecule has 6 nitrogen and oxygen atoms in total. The van der Waals surface area contributed by atoms with Gasteiger partial charge in [-0.2, -0.15) is 10.1 Å². The van der Waals surface area contributed by atoms with Crippen molar-refractivity contribution in [3.05, 3.63) is 35.2 Å². The molecule has 0 aliphatic heterocycles. The Morgan fingerprint density at radius 1 is 1.39 bits per heavy atom. The summed E-state index contributed by atoms with van der Waals surface area (Å²) in [5, 5.41) is 8.12. The van der Waals surface area contributed by atoms with Crippen LogP contribution in [0.25, 0.3) is 11.4 Å². The number of thioether (sulfide) groups is 1. The Morgan fingerprint density at radius 3 is 2.78 bits per heavy atom. The van der Waals surface area contributed by atoms with Gasteiger partial charge in [0.1, 0.15) is 0 Å². The van der Waals surface area contributed by atoms with Gasteiger partial charge in [0.15, 0.2) is 5.17 Å². The van der Waals surface area contributed by atoms with Crippen molar-refractivity contribution < 1.29 is 4.52 Å². The van der Waals surface area contributed by atoms with Crippen LogP contribution in [0, 0.1) is 0 Å². The second-order valence-electron chi connectivity index (χ2n) is 3.27. The number of amidine groups is 1. The summed E-state index contributed by atoms with van der Waals surface area (Å²) < 4.78 is 5.08. The van der Waals surface area contributed by atoms with Crippen LogP contribution in [-0.2, 0) is 5.75 Å². The van der Waals surface area contributed by atoms with E-state index in [1.807, 2.05) is 12.1 Å². The highest BCUT2D eigenvalue weighted by Gasteiger charge is 2.09. The van der Waals surface area contributed by atoms with Crippen LogP contribution >= 0.6 is 23.4 Å². The van der Waals surface area contributed by atoms with Crippen LogP contribution < -0.4 is 11.6 Å². The number of benzene rings is 1. The van der Waals surface area contributed by atoms with Crippen LogP contribution in [0.5, 0.6) is 0 Å². The van der Waals surface area contributed by atoms with Gasteiger partial charge in [-0.05, 0) is 24.3 Å². The number of halogens is 1. The maximum absolute atomic E-state index is 5.80. The quantitative estimate of drug-likeness (QED) is 0.385. The van der Waals surface area contributed by atoms with E-state index in [1.165, 1.54) is 11.8 Å². The lowest BCUT2D eigenvalue weighted by atomic mass is 10.2. The average molecular weight is 284 g/mol. The van der Waals surface area contributed by atoms with Crippen LogP contribution in [0.2, 0.25) is 5.02 Å². The molecule has 0 fully saturated rings. The Morgan fingerprint density at radius 2 is 2.11 bits per heavy atom. The summed E-state index contributed by atoms with van der Waals surface area (Å²) in [5.74, 6) is 6.39. The summed E-state index contributed by atoms with van der Waals surface area (Å²) in [5.41, 5.74) is 6.27. The molecule has 94 valence electrons. The SMILES string of the molecule is NN=C(N)SCc1nc(-c2ccc(Cl)cc2)no1. The van der Waals surface area contributed by atoms with Crippen molar-refractivity contribution in [1.29, 1.82) is 0 Å². The largest absolute Gasteiger partial charge is 0.377 e. The van der Waals surface area contributed by atoms with Crippen LogP contribution in [-0.4, -0.2) is 15.3 Å². The molecule has 0 unspecified atom stereocenters. The van der Waals surface area contributed by atoms with Crippen molar-refractivity contribution in [1.82, 2.24) is 10.1 Å². The minimum Gasteiger partial charge on any atom is -0.377 e. The smallest absolute Gasteiger partial charge is 0.237 e. The molecule has 1 heterocycles. The monoisotopic (exact) mass is 283 g/mol. The number of hydrogen-bond acceptors (Lipinski definition) is 6. The number of hydrogen-bond donors (Lipinski definition) is 2. The molecular weight excluding hydrogens is 274 g/mol. The number of hydrazone groups is 1. The fourth-order valence-electron chi connectivity index (χ4n) is 1.20. The van der Waals surface area contributed by atoms with Crippen molar-refractivity contribution in [3.63, 3.8) is 0 Å². The van der Waals surface area contributed by atoms with Crippen LogP contribution in [0.15, 0.2) is 33.9 Å². The predicted molar refractivity (Wildman–Crippen MR) is 71.8 cm³/mol. The average Bonchev–Trinajstić information content (AvgIpc) is 2.85. The molecule has 0 radical (unpaired) electrons. The summed E-state index contributed by atoms with van der Waals surface area (Å²) in [6.07, 6.45) is 0. The van der Waals surface area contributed by atoms with E-state index in [2.05, 4.69) is 15.2 Å². The van der Waals surface area contributed by atoms with Gasteiger partial charge in [-0.15, -0.1) is 0 Å². The molecule has 1 aromatic heterocycles. The Bertz CT molecular complexity index is 554. The summed E-state index contributed by atoms with van der Waals surface area (Å²) in [6.45, 7) is 0. The van der Waals surface area contributed by atoms with E-state index < -0.39 is 0 Å². The van der Waals surface area contributed by atoms with Gasteiger partial charge in [-0.25, -0.2) is 0 Å². The van der Waals surface area contributed by atoms with Crippen molar-refractivity contribution in [2.45, 2.75) is 5.75 Å². The molecule has 2 aromatic rings. The molecule has 0 atom stereocenters. The first-order valence-corrected chi connectivity index (χ1v) is 6.30. The van der Waals surface area contributed by atoms with Crippen molar-refractivity contribution in [2.75, 3.05) is 0 Å². The van der Waals surface area contributed by atoms with Crippen LogP contribution in [0.4, 0.5) is 0 Å². The molecule has 0 bridgehead atoms. The molecule has 0 spiro atoms. The third kappa shape index (κ3) is 3.14. The summed E-state index contributed by atoms with van der Waals surface area (Å²) in [4.78, 5) is 4.22. The van der Waals surface area contributed by atoms with Gasteiger partial charge in [-0.1, -0.05) is 28.5 Å². The second kappa shape index (κ2) is 5.74. The topological polar surface area (TPSA) is 103 Å². The summed E-state index contributed by atoms with van der Waals surface area (Å²) >= 11 is 7.02. The highest BCUT2D eigenvalue weighted by molar-refractivity contribution is 8.13. The zero-order valence-corrected chi connectivity index (χ0v) is 10.8. The first kappa shape index (κ1) is 12.7. The molecule has 0 aliphatic rings. The molecule has 0 saturated carbocycles. The summed E-state index contributed by atoms with van der Waals surface area (Å²) in [6, 6.07) is 7.17. The van der Waals surface area contributed by atoms with E-state index in [-0.39, 0.29) is 5.17 Å². The molecule has 4 N–H and O–H groups in total. The van der Waals surface area contributed by atoms with Gasteiger partial charge in [0.25, 0.3) is 0 Å². The summed E-state index contributed by atoms with van der Waals surface area (Å²) in [7, 11) is 0. The standard InChI is InChI=1S/C10H10ClN5OS/c11-7-3-1-6(2-4-7)9-14-8(17-16-9)5-18-10(12)15-13/h1-4H,5,13H2,(H2,12,15).